The molecule has 0 aliphatic carbocycles. The van der Waals surface area contributed by atoms with Crippen molar-refractivity contribution in [3.8, 4) is 0 Å². The van der Waals surface area contributed by atoms with Crippen LogP contribution >= 0.6 is 11.3 Å². The number of piperidine rings is 1. The Morgan fingerprint density at radius 3 is 3.00 bits per heavy atom. The number of thiophene rings is 1. The maximum atomic E-state index is 12.6. The van der Waals surface area contributed by atoms with E-state index in [4.69, 9.17) is 0 Å². The van der Waals surface area contributed by atoms with E-state index < -0.39 is 0 Å². The molecule has 1 amide bonds. The molecule has 5 heteroatoms. The first kappa shape index (κ1) is 13.4. The lowest BCUT2D eigenvalue weighted by molar-refractivity contribution is 0.0709. The summed E-state index contributed by atoms with van der Waals surface area (Å²) in [5.41, 5.74) is 2.16. The van der Waals surface area contributed by atoms with Gasteiger partial charge in [-0.05, 0) is 43.7 Å². The number of H-pyrrole nitrogens is 1. The molecule has 0 saturated carbocycles. The highest BCUT2D eigenvalue weighted by Crippen LogP contribution is 2.27. The van der Waals surface area contributed by atoms with Crippen LogP contribution in [0.25, 0.3) is 0 Å². The zero-order valence-corrected chi connectivity index (χ0v) is 12.7. The van der Waals surface area contributed by atoms with Gasteiger partial charge in [0.15, 0.2) is 0 Å². The molecule has 1 atom stereocenters. The first-order valence-electron chi connectivity index (χ1n) is 7.00. The molecular formula is C15H19N3OS. The number of aromatic amines is 1. The van der Waals surface area contributed by atoms with Crippen LogP contribution in [-0.4, -0.2) is 33.9 Å². The number of amides is 1. The second-order valence-corrected chi connectivity index (χ2v) is 6.39. The lowest BCUT2D eigenvalue weighted by Crippen LogP contribution is -2.39. The third kappa shape index (κ3) is 2.50. The highest BCUT2D eigenvalue weighted by Gasteiger charge is 2.28. The molecular weight excluding hydrogens is 270 g/mol. The molecule has 20 heavy (non-hydrogen) atoms. The van der Waals surface area contributed by atoms with Gasteiger partial charge in [0.1, 0.15) is 5.82 Å². The maximum Gasteiger partial charge on any atom is 0.264 e. The summed E-state index contributed by atoms with van der Waals surface area (Å²) >= 11 is 1.54. The fourth-order valence-electron chi connectivity index (χ4n) is 2.76. The average Bonchev–Trinajstić information content (AvgIpc) is 3.07. The highest BCUT2D eigenvalue weighted by atomic mass is 32.1. The lowest BCUT2D eigenvalue weighted by atomic mass is 9.97. The third-order valence-corrected chi connectivity index (χ3v) is 4.88. The van der Waals surface area contributed by atoms with Crippen LogP contribution in [0.1, 0.15) is 45.5 Å². The minimum atomic E-state index is 0.172. The zero-order chi connectivity index (χ0) is 14.1. The minimum absolute atomic E-state index is 0.172. The number of aromatic nitrogens is 2. The number of carbonyl (C=O) groups is 1. The molecule has 0 unspecified atom stereocenters. The number of aryl methyl sites for hydroxylation is 2. The van der Waals surface area contributed by atoms with Gasteiger partial charge in [0, 0.05) is 30.9 Å². The Balaban J connectivity index is 1.75. The van der Waals surface area contributed by atoms with Gasteiger partial charge in [-0.2, -0.15) is 0 Å². The van der Waals surface area contributed by atoms with Gasteiger partial charge in [-0.1, -0.05) is 0 Å². The van der Waals surface area contributed by atoms with E-state index in [1.807, 2.05) is 36.4 Å². The first-order chi connectivity index (χ1) is 9.65. The number of hydrogen-bond donors (Lipinski definition) is 1. The van der Waals surface area contributed by atoms with E-state index in [0.717, 1.165) is 47.9 Å². The fraction of sp³-hybridized carbons (Fsp3) is 0.467. The Labute approximate surface area is 122 Å². The number of hydrogen-bond acceptors (Lipinski definition) is 3. The fourth-order valence-corrected chi connectivity index (χ4v) is 3.65. The van der Waals surface area contributed by atoms with E-state index in [9.17, 15) is 4.79 Å². The molecule has 3 rings (SSSR count). The zero-order valence-electron chi connectivity index (χ0n) is 11.8. The summed E-state index contributed by atoms with van der Waals surface area (Å²) in [5, 5.41) is 1.99. The first-order valence-corrected chi connectivity index (χ1v) is 7.88. The molecule has 1 fully saturated rings. The van der Waals surface area contributed by atoms with E-state index in [-0.39, 0.29) is 5.91 Å². The molecule has 1 aliphatic heterocycles. The van der Waals surface area contributed by atoms with Crippen LogP contribution in [0, 0.1) is 13.8 Å². The molecule has 4 nitrogen and oxygen atoms in total. The molecule has 106 valence electrons. The number of rotatable bonds is 2. The van der Waals surface area contributed by atoms with E-state index >= 15 is 0 Å². The van der Waals surface area contributed by atoms with Crippen LogP contribution in [0.5, 0.6) is 0 Å². The van der Waals surface area contributed by atoms with Gasteiger partial charge in [-0.25, -0.2) is 4.98 Å². The number of carbonyl (C=O) groups excluding carboxylic acids is 1. The van der Waals surface area contributed by atoms with Crippen molar-refractivity contribution >= 4 is 17.2 Å². The van der Waals surface area contributed by atoms with E-state index in [0.29, 0.717) is 5.92 Å². The Morgan fingerprint density at radius 1 is 1.50 bits per heavy atom. The van der Waals surface area contributed by atoms with Gasteiger partial charge in [0.05, 0.1) is 4.88 Å². The molecule has 0 spiro atoms. The van der Waals surface area contributed by atoms with Gasteiger partial charge in [-0.3, -0.25) is 4.79 Å². The summed E-state index contributed by atoms with van der Waals surface area (Å²) < 4.78 is 0. The van der Waals surface area contributed by atoms with Crippen LogP contribution in [0.2, 0.25) is 0 Å². The smallest absolute Gasteiger partial charge is 0.264 e. The summed E-state index contributed by atoms with van der Waals surface area (Å²) in [7, 11) is 0. The molecule has 3 heterocycles. The summed E-state index contributed by atoms with van der Waals surface area (Å²) in [5.74, 6) is 1.52. The topological polar surface area (TPSA) is 49.0 Å². The number of imidazole rings is 1. The van der Waals surface area contributed by atoms with Crippen LogP contribution in [0.15, 0.2) is 17.6 Å². The van der Waals surface area contributed by atoms with Crippen LogP contribution < -0.4 is 0 Å². The predicted octanol–water partition coefficient (Wildman–Crippen LogP) is 3.11. The Kier molecular flexibility index (Phi) is 3.61. The van der Waals surface area contributed by atoms with E-state index in [1.54, 1.807) is 0 Å². The summed E-state index contributed by atoms with van der Waals surface area (Å²) in [6, 6.07) is 2.01. The molecule has 0 bridgehead atoms. The largest absolute Gasteiger partial charge is 0.346 e. The maximum absolute atomic E-state index is 12.6. The minimum Gasteiger partial charge on any atom is -0.346 e. The van der Waals surface area contributed by atoms with E-state index in [2.05, 4.69) is 9.97 Å². The summed E-state index contributed by atoms with van der Waals surface area (Å²) in [6.45, 7) is 5.63. The summed E-state index contributed by atoms with van der Waals surface area (Å²) in [4.78, 5) is 23.2. The van der Waals surface area contributed by atoms with Crippen molar-refractivity contribution < 1.29 is 4.79 Å². The number of likely N-dealkylation sites (tertiary alicyclic amines) is 1. The predicted molar refractivity (Wildman–Crippen MR) is 80.3 cm³/mol. The van der Waals surface area contributed by atoms with Gasteiger partial charge in [0.25, 0.3) is 5.91 Å². The number of nitrogens with one attached hydrogen (secondary N) is 1. The summed E-state index contributed by atoms with van der Waals surface area (Å²) in [6.07, 6.45) is 4.00. The molecule has 0 radical (unpaired) electrons. The Hall–Kier alpha value is -1.62. The van der Waals surface area contributed by atoms with Crippen molar-refractivity contribution in [2.75, 3.05) is 13.1 Å². The van der Waals surface area contributed by atoms with Gasteiger partial charge < -0.3 is 9.88 Å². The van der Waals surface area contributed by atoms with Crippen molar-refractivity contribution in [1.29, 1.82) is 0 Å². The van der Waals surface area contributed by atoms with Gasteiger partial charge in [-0.15, -0.1) is 11.3 Å². The monoisotopic (exact) mass is 289 g/mol. The molecule has 1 saturated heterocycles. The molecule has 2 aromatic heterocycles. The van der Waals surface area contributed by atoms with Crippen molar-refractivity contribution in [2.45, 2.75) is 32.6 Å². The Morgan fingerprint density at radius 2 is 2.35 bits per heavy atom. The molecule has 1 N–H and O–H groups in total. The molecule has 1 aliphatic rings. The normalized spacial score (nSPS) is 19.3. The van der Waals surface area contributed by atoms with Gasteiger partial charge in [0.2, 0.25) is 0 Å². The average molecular weight is 289 g/mol. The van der Waals surface area contributed by atoms with Crippen molar-refractivity contribution in [3.63, 3.8) is 0 Å². The second kappa shape index (κ2) is 5.40. The van der Waals surface area contributed by atoms with Crippen molar-refractivity contribution in [1.82, 2.24) is 14.9 Å². The van der Waals surface area contributed by atoms with E-state index in [1.165, 1.54) is 11.3 Å². The molecule has 2 aromatic rings. The van der Waals surface area contributed by atoms with Gasteiger partial charge >= 0.3 is 0 Å². The van der Waals surface area contributed by atoms with Crippen LogP contribution in [0.3, 0.4) is 0 Å². The standard InChI is InChI=1S/C15H19N3OS/c1-10-5-7-20-13(10)15(19)18-6-3-4-12(9-18)14-16-8-11(2)17-14/h5,7-8,12H,3-4,6,9H2,1-2H3,(H,16,17)/t12-/m0/s1. The SMILES string of the molecule is Cc1cnc([C@H]2CCCN(C(=O)c3sccc3C)C2)[nH]1. The van der Waals surface area contributed by atoms with Crippen LogP contribution in [0.4, 0.5) is 0 Å². The third-order valence-electron chi connectivity index (χ3n) is 3.87. The lowest BCUT2D eigenvalue weighted by Gasteiger charge is -2.31. The molecule has 0 aromatic carbocycles. The second-order valence-electron chi connectivity index (χ2n) is 5.47. The van der Waals surface area contributed by atoms with Crippen LogP contribution in [-0.2, 0) is 0 Å². The highest BCUT2D eigenvalue weighted by molar-refractivity contribution is 7.12. The quantitative estimate of drug-likeness (QED) is 0.923. The Bertz CT molecular complexity index is 616. The van der Waals surface area contributed by atoms with Crippen molar-refractivity contribution in [2.24, 2.45) is 0 Å². The van der Waals surface area contributed by atoms with Crippen molar-refractivity contribution in [3.05, 3.63) is 39.6 Å². The number of nitrogens with zero attached hydrogens (tertiary/aromatic N) is 2.